The molecule has 0 unspecified atom stereocenters. The molecule has 0 radical (unpaired) electrons. The van der Waals surface area contributed by atoms with Crippen molar-refractivity contribution < 1.29 is 38.1 Å². The molecule has 0 saturated carbocycles. The van der Waals surface area contributed by atoms with E-state index in [9.17, 15) is 19.3 Å². The van der Waals surface area contributed by atoms with Crippen molar-refractivity contribution in [2.45, 2.75) is 92.7 Å². The number of phenols is 1. The van der Waals surface area contributed by atoms with Crippen molar-refractivity contribution in [1.29, 1.82) is 0 Å². The highest BCUT2D eigenvalue weighted by Gasteiger charge is 2.41. The summed E-state index contributed by atoms with van der Waals surface area (Å²) in [5.74, 6) is -0.271. The molecule has 42 heavy (non-hydrogen) atoms. The van der Waals surface area contributed by atoms with Gasteiger partial charge in [0.1, 0.15) is 22.6 Å². The number of rotatable bonds is 15. The third-order valence-electron chi connectivity index (χ3n) is 6.64. The van der Waals surface area contributed by atoms with Crippen LogP contribution in [-0.2, 0) is 34.7 Å². The molecular formula is C31H47N2O8P. The van der Waals surface area contributed by atoms with Crippen molar-refractivity contribution in [3.8, 4) is 11.5 Å². The minimum atomic E-state index is -3.97. The number of benzene rings is 2. The normalized spacial score (nSPS) is 13.5. The van der Waals surface area contributed by atoms with Crippen molar-refractivity contribution in [2.24, 2.45) is 0 Å². The largest absolute Gasteiger partial charge is 0.508 e. The Morgan fingerprint density at radius 1 is 0.929 bits per heavy atom. The number of ether oxygens (including phenoxy) is 3. The zero-order chi connectivity index (χ0) is 31.9. The first-order valence-electron chi connectivity index (χ1n) is 14.2. The van der Waals surface area contributed by atoms with Gasteiger partial charge < -0.3 is 19.3 Å². The van der Waals surface area contributed by atoms with Crippen LogP contribution >= 0.6 is 7.52 Å². The Bertz CT molecular complexity index is 1280. The summed E-state index contributed by atoms with van der Waals surface area (Å²) in [6.07, 6.45) is 0.220. The van der Waals surface area contributed by atoms with Gasteiger partial charge in [-0.15, -0.1) is 0 Å². The zero-order valence-electron chi connectivity index (χ0n) is 26.5. The molecule has 0 aliphatic carbocycles. The molecule has 2 aromatic rings. The van der Waals surface area contributed by atoms with Crippen LogP contribution in [0.4, 0.5) is 0 Å². The Balaban J connectivity index is 2.30. The lowest BCUT2D eigenvalue weighted by Gasteiger charge is -2.32. The third kappa shape index (κ3) is 9.56. The highest BCUT2D eigenvalue weighted by molar-refractivity contribution is 7.56. The maximum atomic E-state index is 14.0. The van der Waals surface area contributed by atoms with E-state index in [0.29, 0.717) is 12.2 Å². The molecule has 0 heterocycles. The van der Waals surface area contributed by atoms with Gasteiger partial charge >= 0.3 is 19.5 Å². The zero-order valence-corrected chi connectivity index (χ0v) is 27.4. The number of aryl methyl sites for hydroxylation is 2. The number of aromatic hydroxyl groups is 1. The summed E-state index contributed by atoms with van der Waals surface area (Å²) in [6.45, 7) is 17.8. The molecule has 0 amide bonds. The monoisotopic (exact) mass is 606 g/mol. The summed E-state index contributed by atoms with van der Waals surface area (Å²) in [6, 6.07) is 9.37. The van der Waals surface area contributed by atoms with Crippen LogP contribution in [0.2, 0.25) is 0 Å². The number of esters is 2. The molecule has 234 valence electrons. The average Bonchev–Trinajstić information content (AvgIpc) is 2.89. The standard InChI is InChI=1S/C31H47N2O8P/c1-11-38-28(35)30(7,8)32-41-42(37,33-31(9,10)29(36)39-12-2)19-40-24-15-21(5)26(22(6)16-24)18-23-13-14-27(34)25(17-23)20(3)4/h13-17,20,32,34H,11-12,18-19H2,1-10H3,(H,33,37)/t42-/m0/s1. The quantitative estimate of drug-likeness (QED) is 0.125. The fourth-order valence-electron chi connectivity index (χ4n) is 4.26. The maximum absolute atomic E-state index is 14.0. The average molecular weight is 607 g/mol. The summed E-state index contributed by atoms with van der Waals surface area (Å²) in [7, 11) is -3.97. The van der Waals surface area contributed by atoms with Gasteiger partial charge in [0.05, 0.1) is 13.2 Å². The molecular weight excluding hydrogens is 559 g/mol. The first-order valence-corrected chi connectivity index (χ1v) is 16.0. The first-order chi connectivity index (χ1) is 19.4. The van der Waals surface area contributed by atoms with Crippen molar-refractivity contribution >= 4 is 19.5 Å². The smallest absolute Gasteiger partial charge is 0.328 e. The molecule has 0 fully saturated rings. The van der Waals surface area contributed by atoms with E-state index in [2.05, 4.69) is 10.6 Å². The van der Waals surface area contributed by atoms with Crippen molar-refractivity contribution in [3.63, 3.8) is 0 Å². The van der Waals surface area contributed by atoms with Gasteiger partial charge in [-0.2, -0.15) is 5.48 Å². The van der Waals surface area contributed by atoms with Crippen LogP contribution in [0.15, 0.2) is 30.3 Å². The number of hydrogen-bond acceptors (Lipinski definition) is 9. The molecule has 2 aromatic carbocycles. The van der Waals surface area contributed by atoms with E-state index in [1.165, 1.54) is 27.7 Å². The maximum Gasteiger partial charge on any atom is 0.328 e. The van der Waals surface area contributed by atoms with Crippen LogP contribution in [0.1, 0.15) is 89.1 Å². The van der Waals surface area contributed by atoms with E-state index >= 15 is 0 Å². The number of carbonyl (C=O) groups is 2. The molecule has 10 nitrogen and oxygen atoms in total. The van der Waals surface area contributed by atoms with Gasteiger partial charge in [-0.25, -0.2) is 14.5 Å². The predicted molar refractivity (Wildman–Crippen MR) is 163 cm³/mol. The Kier molecular flexibility index (Phi) is 12.2. The predicted octanol–water partition coefficient (Wildman–Crippen LogP) is 6.05. The summed E-state index contributed by atoms with van der Waals surface area (Å²) in [5, 5.41) is 13.0. The van der Waals surface area contributed by atoms with E-state index in [-0.39, 0.29) is 24.9 Å². The van der Waals surface area contributed by atoms with Crippen LogP contribution < -0.4 is 15.3 Å². The Hall–Kier alpha value is -2.91. The highest BCUT2D eigenvalue weighted by atomic mass is 31.2. The number of phenolic OH excluding ortho intramolecular Hbond substituents is 1. The van der Waals surface area contributed by atoms with Crippen molar-refractivity contribution in [2.75, 3.05) is 19.6 Å². The van der Waals surface area contributed by atoms with Crippen LogP contribution in [0.25, 0.3) is 0 Å². The minimum absolute atomic E-state index is 0.146. The fourth-order valence-corrected chi connectivity index (χ4v) is 6.06. The van der Waals surface area contributed by atoms with Crippen LogP contribution in [0.5, 0.6) is 11.5 Å². The van der Waals surface area contributed by atoms with E-state index < -0.39 is 36.9 Å². The van der Waals surface area contributed by atoms with Crippen molar-refractivity contribution in [1.82, 2.24) is 10.6 Å². The summed E-state index contributed by atoms with van der Waals surface area (Å²) in [4.78, 5) is 24.9. The Morgan fingerprint density at radius 2 is 1.48 bits per heavy atom. The molecule has 0 bridgehead atoms. The van der Waals surface area contributed by atoms with E-state index in [1.807, 2.05) is 52.0 Å². The molecule has 0 aliphatic rings. The lowest BCUT2D eigenvalue weighted by molar-refractivity contribution is -0.153. The van der Waals surface area contributed by atoms with Gasteiger partial charge in [0.2, 0.25) is 0 Å². The Morgan fingerprint density at radius 3 is 2.00 bits per heavy atom. The van der Waals surface area contributed by atoms with E-state index in [1.54, 1.807) is 19.9 Å². The third-order valence-corrected chi connectivity index (χ3v) is 8.39. The van der Waals surface area contributed by atoms with Gasteiger partial charge in [0, 0.05) is 0 Å². The lowest BCUT2D eigenvalue weighted by atomic mass is 9.93. The van der Waals surface area contributed by atoms with Gasteiger partial charge in [0.15, 0.2) is 6.35 Å². The van der Waals surface area contributed by atoms with Crippen LogP contribution in [0.3, 0.4) is 0 Å². The minimum Gasteiger partial charge on any atom is -0.508 e. The molecule has 1 atom stereocenters. The van der Waals surface area contributed by atoms with E-state index in [4.69, 9.17) is 18.8 Å². The second kappa shape index (κ2) is 14.5. The molecule has 0 saturated heterocycles. The second-order valence-corrected chi connectivity index (χ2v) is 13.7. The molecule has 3 N–H and O–H groups in total. The number of nitrogens with one attached hydrogen (secondary N) is 2. The molecule has 11 heteroatoms. The van der Waals surface area contributed by atoms with Crippen LogP contribution in [-0.4, -0.2) is 47.7 Å². The first kappa shape index (κ1) is 35.3. The fraction of sp³-hybridized carbons (Fsp3) is 0.548. The van der Waals surface area contributed by atoms with Crippen LogP contribution in [0, 0.1) is 13.8 Å². The highest BCUT2D eigenvalue weighted by Crippen LogP contribution is 2.45. The van der Waals surface area contributed by atoms with Gasteiger partial charge in [-0.3, -0.25) is 9.36 Å². The summed E-state index contributed by atoms with van der Waals surface area (Å²) < 4.78 is 35.8. The summed E-state index contributed by atoms with van der Waals surface area (Å²) in [5.41, 5.74) is 4.85. The number of hydrogen-bond donors (Lipinski definition) is 3. The Labute approximate surface area is 249 Å². The molecule has 2 rings (SSSR count). The summed E-state index contributed by atoms with van der Waals surface area (Å²) >= 11 is 0. The van der Waals surface area contributed by atoms with E-state index in [0.717, 1.165) is 27.8 Å². The number of hydroxylamine groups is 1. The lowest BCUT2D eigenvalue weighted by Crippen LogP contribution is -2.51. The molecule has 0 spiro atoms. The molecule has 0 aromatic heterocycles. The second-order valence-electron chi connectivity index (χ2n) is 11.7. The van der Waals surface area contributed by atoms with Gasteiger partial charge in [0.25, 0.3) is 0 Å². The van der Waals surface area contributed by atoms with Gasteiger partial charge in [-0.05, 0) is 114 Å². The number of carbonyl (C=O) groups excluding carboxylic acids is 2. The SMILES string of the molecule is CCOC(=O)C(C)(C)NO[P@@](=O)(COc1cc(C)c(Cc2ccc(O)c(C(C)C)c2)c(C)c1)NC(C)(C)C(=O)OCC. The molecule has 0 aliphatic heterocycles. The van der Waals surface area contributed by atoms with Gasteiger partial charge in [-0.1, -0.05) is 26.0 Å². The van der Waals surface area contributed by atoms with Crippen molar-refractivity contribution in [3.05, 3.63) is 58.1 Å². The topological polar surface area (TPSA) is 132 Å².